The maximum Gasteiger partial charge on any atom is 0.106 e. The fourth-order valence-corrected chi connectivity index (χ4v) is 4.30. The third kappa shape index (κ3) is 6.45. The Morgan fingerprint density at radius 1 is 1.09 bits per heavy atom. The molecule has 2 aliphatic carbocycles. The Labute approximate surface area is 203 Å². The van der Waals surface area contributed by atoms with Crippen LogP contribution in [0.5, 0.6) is 0 Å². The Morgan fingerprint density at radius 2 is 1.85 bits per heavy atom. The van der Waals surface area contributed by atoms with Gasteiger partial charge in [0.1, 0.15) is 5.69 Å². The number of aromatic nitrogens is 3. The third-order valence-electron chi connectivity index (χ3n) is 7.16. The van der Waals surface area contributed by atoms with E-state index in [0.717, 1.165) is 36.9 Å². The average Bonchev–Trinajstić information content (AvgIpc) is 3.70. The number of anilines is 1. The number of piperidine rings is 1. The highest BCUT2D eigenvalue weighted by molar-refractivity contribution is 5.58. The Balaban J connectivity index is 0.000000398. The quantitative estimate of drug-likeness (QED) is 0.419. The largest absolute Gasteiger partial charge is 0.396 e. The van der Waals surface area contributed by atoms with E-state index in [0.29, 0.717) is 17.3 Å². The zero-order valence-corrected chi connectivity index (χ0v) is 20.4. The van der Waals surface area contributed by atoms with Gasteiger partial charge in [-0.3, -0.25) is 9.97 Å². The standard InChI is InChI=1S/C21H29N7.C5H11N/c1-15(19-8-7-17(11-25-19)27-9-3-2-4-10-27)28(23)14-18(22)21-13-24-12-20(26-21)16-5-6-16;6-4-5-2-1-3-5/h7-8,11-16H,2-6,9-10,22-23H2,1H3;5H,1-4,6H2/b18-14-;. The van der Waals surface area contributed by atoms with Crippen molar-refractivity contribution in [2.75, 3.05) is 24.5 Å². The first-order valence-electron chi connectivity index (χ1n) is 12.8. The van der Waals surface area contributed by atoms with Gasteiger partial charge in [-0.15, -0.1) is 0 Å². The van der Waals surface area contributed by atoms with E-state index >= 15 is 0 Å². The van der Waals surface area contributed by atoms with Crippen LogP contribution >= 0.6 is 0 Å². The number of pyridine rings is 1. The third-order valence-corrected chi connectivity index (χ3v) is 7.16. The number of hydrazine groups is 1. The van der Waals surface area contributed by atoms with Crippen LogP contribution in [0.4, 0.5) is 5.69 Å². The van der Waals surface area contributed by atoms with Crippen LogP contribution in [0.2, 0.25) is 0 Å². The first kappa shape index (κ1) is 24.4. The minimum atomic E-state index is -0.103. The molecule has 3 heterocycles. The van der Waals surface area contributed by atoms with E-state index < -0.39 is 0 Å². The molecular weight excluding hydrogens is 424 g/mol. The van der Waals surface area contributed by atoms with Crippen molar-refractivity contribution in [3.8, 4) is 0 Å². The highest BCUT2D eigenvalue weighted by atomic mass is 15.4. The number of nitrogens with zero attached hydrogens (tertiary/aromatic N) is 5. The molecule has 3 fully saturated rings. The lowest BCUT2D eigenvalue weighted by Gasteiger charge is -2.29. The highest BCUT2D eigenvalue weighted by Gasteiger charge is 2.25. The molecule has 0 aromatic carbocycles. The molecule has 0 radical (unpaired) electrons. The van der Waals surface area contributed by atoms with Crippen molar-refractivity contribution in [3.05, 3.63) is 54.0 Å². The normalized spacial score (nSPS) is 19.6. The van der Waals surface area contributed by atoms with E-state index in [9.17, 15) is 0 Å². The lowest BCUT2D eigenvalue weighted by molar-refractivity contribution is 0.304. The first-order chi connectivity index (χ1) is 16.5. The Morgan fingerprint density at radius 3 is 2.41 bits per heavy atom. The van der Waals surface area contributed by atoms with E-state index in [-0.39, 0.29) is 6.04 Å². The zero-order chi connectivity index (χ0) is 23.9. The molecule has 8 heteroatoms. The molecule has 184 valence electrons. The summed E-state index contributed by atoms with van der Waals surface area (Å²) in [5.74, 6) is 7.69. The summed E-state index contributed by atoms with van der Waals surface area (Å²) < 4.78 is 0. The molecule has 2 aromatic heterocycles. The van der Waals surface area contributed by atoms with Gasteiger partial charge in [-0.05, 0) is 76.5 Å². The van der Waals surface area contributed by atoms with Crippen LogP contribution in [-0.4, -0.2) is 39.6 Å². The molecule has 1 saturated heterocycles. The number of hydrogen-bond donors (Lipinski definition) is 3. The molecule has 34 heavy (non-hydrogen) atoms. The Kier molecular flexibility index (Phi) is 8.34. The summed E-state index contributed by atoms with van der Waals surface area (Å²) in [6, 6.07) is 4.08. The van der Waals surface area contributed by atoms with Crippen LogP contribution < -0.4 is 22.2 Å². The van der Waals surface area contributed by atoms with Gasteiger partial charge < -0.3 is 21.4 Å². The summed E-state index contributed by atoms with van der Waals surface area (Å²) in [4.78, 5) is 15.9. The topological polar surface area (TPSA) is 123 Å². The molecule has 1 unspecified atom stereocenters. The van der Waals surface area contributed by atoms with Gasteiger partial charge >= 0.3 is 0 Å². The van der Waals surface area contributed by atoms with Crippen molar-refractivity contribution < 1.29 is 0 Å². The summed E-state index contributed by atoms with van der Waals surface area (Å²) in [5, 5.41) is 1.59. The summed E-state index contributed by atoms with van der Waals surface area (Å²) >= 11 is 0. The van der Waals surface area contributed by atoms with Gasteiger partial charge in [0.2, 0.25) is 0 Å². The minimum Gasteiger partial charge on any atom is -0.396 e. The maximum atomic E-state index is 6.26. The molecule has 0 bridgehead atoms. The number of hydrogen-bond acceptors (Lipinski definition) is 8. The lowest BCUT2D eigenvalue weighted by atomic mass is 9.86. The van der Waals surface area contributed by atoms with Gasteiger partial charge in [-0.25, -0.2) is 10.8 Å². The molecular formula is C26H40N8. The van der Waals surface area contributed by atoms with Crippen molar-refractivity contribution in [3.63, 3.8) is 0 Å². The van der Waals surface area contributed by atoms with E-state index in [1.165, 1.54) is 57.1 Å². The highest BCUT2D eigenvalue weighted by Crippen LogP contribution is 2.38. The van der Waals surface area contributed by atoms with Gasteiger partial charge in [0, 0.05) is 31.4 Å². The van der Waals surface area contributed by atoms with Crippen LogP contribution in [0.1, 0.15) is 87.3 Å². The molecule has 8 nitrogen and oxygen atoms in total. The van der Waals surface area contributed by atoms with E-state index in [2.05, 4.69) is 25.9 Å². The fourth-order valence-electron chi connectivity index (χ4n) is 4.30. The van der Waals surface area contributed by atoms with Crippen molar-refractivity contribution in [2.45, 2.75) is 70.3 Å². The van der Waals surface area contributed by atoms with Crippen LogP contribution in [0, 0.1) is 5.92 Å². The predicted molar refractivity (Wildman–Crippen MR) is 137 cm³/mol. The molecule has 1 atom stereocenters. The second-order valence-corrected chi connectivity index (χ2v) is 9.83. The van der Waals surface area contributed by atoms with E-state index in [1.807, 2.05) is 25.4 Å². The molecule has 2 saturated carbocycles. The van der Waals surface area contributed by atoms with Crippen LogP contribution in [0.15, 0.2) is 36.9 Å². The smallest absolute Gasteiger partial charge is 0.106 e. The molecule has 2 aromatic rings. The van der Waals surface area contributed by atoms with Gasteiger partial charge in [-0.1, -0.05) is 6.42 Å². The van der Waals surface area contributed by atoms with Crippen LogP contribution in [-0.2, 0) is 0 Å². The monoisotopic (exact) mass is 464 g/mol. The number of rotatable bonds is 7. The average molecular weight is 465 g/mol. The summed E-state index contributed by atoms with van der Waals surface area (Å²) in [7, 11) is 0. The predicted octanol–water partition coefficient (Wildman–Crippen LogP) is 3.68. The van der Waals surface area contributed by atoms with Gasteiger partial charge in [0.25, 0.3) is 0 Å². The van der Waals surface area contributed by atoms with Crippen molar-refractivity contribution in [2.24, 2.45) is 23.2 Å². The zero-order valence-electron chi connectivity index (χ0n) is 20.4. The van der Waals surface area contributed by atoms with Gasteiger partial charge in [-0.2, -0.15) is 0 Å². The number of nitrogens with two attached hydrogens (primary N) is 3. The van der Waals surface area contributed by atoms with Crippen molar-refractivity contribution in [1.82, 2.24) is 20.0 Å². The second-order valence-electron chi connectivity index (χ2n) is 9.83. The van der Waals surface area contributed by atoms with Crippen molar-refractivity contribution in [1.29, 1.82) is 0 Å². The molecule has 1 aliphatic heterocycles. The molecule has 0 spiro atoms. The SMILES string of the molecule is CC(c1ccc(N2CCCCC2)cn1)N(N)/C=C(\N)c1cncc(C2CC2)n1.NCC1CCC1. The Bertz CT molecular complexity index is 927. The molecule has 6 N–H and O–H groups in total. The maximum absolute atomic E-state index is 6.26. The second kappa shape index (κ2) is 11.6. The van der Waals surface area contributed by atoms with Gasteiger partial charge in [0.05, 0.1) is 41.2 Å². The van der Waals surface area contributed by atoms with Crippen LogP contribution in [0.3, 0.4) is 0 Å². The first-order valence-corrected chi connectivity index (χ1v) is 12.8. The lowest BCUT2D eigenvalue weighted by Crippen LogP contribution is -2.31. The van der Waals surface area contributed by atoms with E-state index in [4.69, 9.17) is 17.3 Å². The molecule has 0 amide bonds. The van der Waals surface area contributed by atoms with Gasteiger partial charge in [0.15, 0.2) is 0 Å². The molecule has 5 rings (SSSR count). The summed E-state index contributed by atoms with van der Waals surface area (Å²) in [6.07, 6.45) is 17.5. The summed E-state index contributed by atoms with van der Waals surface area (Å²) in [5.41, 5.74) is 15.8. The molecule has 3 aliphatic rings. The Hall–Kier alpha value is -2.71. The minimum absolute atomic E-state index is 0.103. The van der Waals surface area contributed by atoms with Crippen molar-refractivity contribution >= 4 is 11.4 Å². The fraction of sp³-hybridized carbons (Fsp3) is 0.577. The summed E-state index contributed by atoms with van der Waals surface area (Å²) in [6.45, 7) is 5.15. The van der Waals surface area contributed by atoms with Crippen LogP contribution in [0.25, 0.3) is 5.70 Å². The van der Waals surface area contributed by atoms with E-state index in [1.54, 1.807) is 17.4 Å².